The second-order valence-electron chi connectivity index (χ2n) is 4.37. The molecule has 1 N–H and O–H groups in total. The topological polar surface area (TPSA) is 29.1 Å². The summed E-state index contributed by atoms with van der Waals surface area (Å²) in [5, 5.41) is 3.35. The molecule has 0 fully saturated rings. The number of carbonyl (C=O) groups excluding carboxylic acids is 1. The zero-order valence-electron chi connectivity index (χ0n) is 10.8. The standard InChI is InChI=1S/C16H16INO/c1-12(19)14-7-3-5-9-16(14)18-11-10-13-6-2-4-8-15(13)17/h2-9,18H,10-11H2,1H3. The molecule has 0 aliphatic carbocycles. The summed E-state index contributed by atoms with van der Waals surface area (Å²) in [6.07, 6.45) is 0.950. The number of rotatable bonds is 5. The van der Waals surface area contributed by atoms with Crippen LogP contribution in [0.15, 0.2) is 48.5 Å². The van der Waals surface area contributed by atoms with Crippen LogP contribution in [-0.4, -0.2) is 12.3 Å². The SMILES string of the molecule is CC(=O)c1ccccc1NCCc1ccccc1I. The molecule has 0 aromatic heterocycles. The first kappa shape index (κ1) is 14.1. The maximum atomic E-state index is 11.5. The number of anilines is 1. The number of para-hydroxylation sites is 1. The average molecular weight is 365 g/mol. The van der Waals surface area contributed by atoms with E-state index in [1.807, 2.05) is 30.3 Å². The minimum absolute atomic E-state index is 0.0948. The highest BCUT2D eigenvalue weighted by atomic mass is 127. The van der Waals surface area contributed by atoms with Crippen LogP contribution in [0.1, 0.15) is 22.8 Å². The van der Waals surface area contributed by atoms with Crippen LogP contribution in [0, 0.1) is 3.57 Å². The predicted molar refractivity (Wildman–Crippen MR) is 87.8 cm³/mol. The first-order valence-electron chi connectivity index (χ1n) is 6.25. The van der Waals surface area contributed by atoms with Crippen molar-refractivity contribution in [2.75, 3.05) is 11.9 Å². The van der Waals surface area contributed by atoms with E-state index in [0.717, 1.165) is 24.2 Å². The monoisotopic (exact) mass is 365 g/mol. The lowest BCUT2D eigenvalue weighted by molar-refractivity contribution is 0.101. The van der Waals surface area contributed by atoms with Crippen molar-refractivity contribution in [3.8, 4) is 0 Å². The summed E-state index contributed by atoms with van der Waals surface area (Å²) in [5.74, 6) is 0.0948. The number of halogens is 1. The Morgan fingerprint density at radius 2 is 1.79 bits per heavy atom. The molecule has 0 amide bonds. The number of ketones is 1. The molecule has 2 aromatic carbocycles. The van der Waals surface area contributed by atoms with Gasteiger partial charge < -0.3 is 5.32 Å². The Kier molecular flexibility index (Phi) is 4.96. The lowest BCUT2D eigenvalue weighted by atomic mass is 10.1. The summed E-state index contributed by atoms with van der Waals surface area (Å²) in [6.45, 7) is 2.42. The Hall–Kier alpha value is -1.36. The average Bonchev–Trinajstić information content (AvgIpc) is 2.41. The van der Waals surface area contributed by atoms with Crippen LogP contribution >= 0.6 is 22.6 Å². The van der Waals surface area contributed by atoms with E-state index in [1.165, 1.54) is 9.13 Å². The van der Waals surface area contributed by atoms with Gasteiger partial charge in [-0.2, -0.15) is 0 Å². The second-order valence-corrected chi connectivity index (χ2v) is 5.53. The maximum Gasteiger partial charge on any atom is 0.161 e. The molecule has 19 heavy (non-hydrogen) atoms. The second kappa shape index (κ2) is 6.70. The van der Waals surface area contributed by atoms with Crippen molar-refractivity contribution in [3.05, 3.63) is 63.2 Å². The molecule has 3 heteroatoms. The Balaban J connectivity index is 2.00. The highest BCUT2D eigenvalue weighted by Crippen LogP contribution is 2.16. The molecule has 0 aliphatic heterocycles. The number of Topliss-reactive ketones (excluding diaryl/α,β-unsaturated/α-hetero) is 1. The minimum Gasteiger partial charge on any atom is -0.384 e. The number of nitrogens with one attached hydrogen (secondary N) is 1. The fourth-order valence-electron chi connectivity index (χ4n) is 1.98. The van der Waals surface area contributed by atoms with Crippen molar-refractivity contribution in [1.82, 2.24) is 0 Å². The van der Waals surface area contributed by atoms with E-state index in [-0.39, 0.29) is 5.78 Å². The molecule has 0 heterocycles. The number of hydrogen-bond donors (Lipinski definition) is 1. The number of hydrogen-bond acceptors (Lipinski definition) is 2. The zero-order valence-corrected chi connectivity index (χ0v) is 13.0. The third-order valence-corrected chi connectivity index (χ3v) is 4.03. The van der Waals surface area contributed by atoms with Gasteiger partial charge in [-0.1, -0.05) is 30.3 Å². The third kappa shape index (κ3) is 3.80. The summed E-state index contributed by atoms with van der Waals surface area (Å²) in [7, 11) is 0. The Morgan fingerprint density at radius 1 is 1.11 bits per heavy atom. The molecule has 2 rings (SSSR count). The molecule has 0 aliphatic rings. The molecule has 0 bridgehead atoms. The van der Waals surface area contributed by atoms with E-state index in [1.54, 1.807) is 6.92 Å². The van der Waals surface area contributed by atoms with E-state index in [2.05, 4.69) is 46.1 Å². The minimum atomic E-state index is 0.0948. The Morgan fingerprint density at radius 3 is 2.53 bits per heavy atom. The van der Waals surface area contributed by atoms with Gasteiger partial charge in [0.1, 0.15) is 0 Å². The molecule has 0 saturated carbocycles. The zero-order chi connectivity index (χ0) is 13.7. The summed E-state index contributed by atoms with van der Waals surface area (Å²) in [5.41, 5.74) is 3.00. The summed E-state index contributed by atoms with van der Waals surface area (Å²) >= 11 is 2.35. The first-order chi connectivity index (χ1) is 9.18. The fourth-order valence-corrected chi connectivity index (χ4v) is 2.63. The highest BCUT2D eigenvalue weighted by Gasteiger charge is 2.05. The molecular weight excluding hydrogens is 349 g/mol. The van der Waals surface area contributed by atoms with Gasteiger partial charge in [0.15, 0.2) is 5.78 Å². The van der Waals surface area contributed by atoms with Crippen LogP contribution in [0.5, 0.6) is 0 Å². The molecule has 2 nitrogen and oxygen atoms in total. The summed E-state index contributed by atoms with van der Waals surface area (Å²) in [6, 6.07) is 16.0. The van der Waals surface area contributed by atoms with E-state index < -0.39 is 0 Å². The van der Waals surface area contributed by atoms with Crippen LogP contribution in [0.25, 0.3) is 0 Å². The van der Waals surface area contributed by atoms with Gasteiger partial charge in [-0.05, 0) is 59.7 Å². The molecule has 2 aromatic rings. The molecule has 0 unspecified atom stereocenters. The first-order valence-corrected chi connectivity index (χ1v) is 7.33. The molecular formula is C16H16INO. The van der Waals surface area contributed by atoms with Gasteiger partial charge in [-0.25, -0.2) is 0 Å². The Labute approximate surface area is 127 Å². The van der Waals surface area contributed by atoms with Crippen LogP contribution < -0.4 is 5.32 Å². The van der Waals surface area contributed by atoms with E-state index in [0.29, 0.717) is 0 Å². The lowest BCUT2D eigenvalue weighted by Crippen LogP contribution is -2.09. The van der Waals surface area contributed by atoms with Crippen molar-refractivity contribution in [2.45, 2.75) is 13.3 Å². The molecule has 0 atom stereocenters. The van der Waals surface area contributed by atoms with Gasteiger partial charge in [-0.3, -0.25) is 4.79 Å². The third-order valence-electron chi connectivity index (χ3n) is 2.97. The molecule has 0 spiro atoms. The smallest absolute Gasteiger partial charge is 0.161 e. The largest absolute Gasteiger partial charge is 0.384 e. The van der Waals surface area contributed by atoms with Gasteiger partial charge in [0.05, 0.1) is 0 Å². The van der Waals surface area contributed by atoms with E-state index in [9.17, 15) is 4.79 Å². The van der Waals surface area contributed by atoms with Crippen molar-refractivity contribution >= 4 is 34.1 Å². The van der Waals surface area contributed by atoms with Crippen LogP contribution in [-0.2, 0) is 6.42 Å². The van der Waals surface area contributed by atoms with Gasteiger partial charge >= 0.3 is 0 Å². The highest BCUT2D eigenvalue weighted by molar-refractivity contribution is 14.1. The Bertz CT molecular complexity index is 580. The molecule has 0 saturated heterocycles. The quantitative estimate of drug-likeness (QED) is 0.637. The van der Waals surface area contributed by atoms with Gasteiger partial charge in [-0.15, -0.1) is 0 Å². The van der Waals surface area contributed by atoms with Gasteiger partial charge in [0, 0.05) is 21.4 Å². The number of carbonyl (C=O) groups is 1. The normalized spacial score (nSPS) is 10.2. The summed E-state index contributed by atoms with van der Waals surface area (Å²) < 4.78 is 1.28. The number of benzene rings is 2. The van der Waals surface area contributed by atoms with Gasteiger partial charge in [0.2, 0.25) is 0 Å². The van der Waals surface area contributed by atoms with Crippen LogP contribution in [0.3, 0.4) is 0 Å². The fraction of sp³-hybridized carbons (Fsp3) is 0.188. The van der Waals surface area contributed by atoms with Crippen molar-refractivity contribution in [2.24, 2.45) is 0 Å². The van der Waals surface area contributed by atoms with Crippen molar-refractivity contribution in [3.63, 3.8) is 0 Å². The van der Waals surface area contributed by atoms with E-state index in [4.69, 9.17) is 0 Å². The molecule has 98 valence electrons. The van der Waals surface area contributed by atoms with Crippen molar-refractivity contribution in [1.29, 1.82) is 0 Å². The van der Waals surface area contributed by atoms with Crippen LogP contribution in [0.2, 0.25) is 0 Å². The predicted octanol–water partition coefficient (Wildman–Crippen LogP) is 4.15. The summed E-state index contributed by atoms with van der Waals surface area (Å²) in [4.78, 5) is 11.5. The van der Waals surface area contributed by atoms with Crippen LogP contribution in [0.4, 0.5) is 5.69 Å². The maximum absolute atomic E-state index is 11.5. The lowest BCUT2D eigenvalue weighted by Gasteiger charge is -2.10. The molecule has 0 radical (unpaired) electrons. The van der Waals surface area contributed by atoms with E-state index >= 15 is 0 Å². The van der Waals surface area contributed by atoms with Crippen molar-refractivity contribution < 1.29 is 4.79 Å². The van der Waals surface area contributed by atoms with Gasteiger partial charge in [0.25, 0.3) is 0 Å².